The van der Waals surface area contributed by atoms with Crippen molar-refractivity contribution in [2.24, 2.45) is 0 Å². The van der Waals surface area contributed by atoms with E-state index in [1.165, 1.54) is 0 Å². The lowest BCUT2D eigenvalue weighted by molar-refractivity contribution is -0.0228. The number of carbonyl (C=O) groups excluding carboxylic acids is 1. The van der Waals surface area contributed by atoms with Crippen molar-refractivity contribution in [2.45, 2.75) is 18.9 Å². The summed E-state index contributed by atoms with van der Waals surface area (Å²) in [4.78, 5) is 21.8. The molecule has 130 valence electrons. The number of benzene rings is 1. The van der Waals surface area contributed by atoms with Crippen molar-refractivity contribution in [1.82, 2.24) is 9.88 Å². The normalized spacial score (nSPS) is 20.7. The van der Waals surface area contributed by atoms with E-state index in [0.29, 0.717) is 25.3 Å². The van der Waals surface area contributed by atoms with Crippen LogP contribution < -0.4 is 4.90 Å². The quantitative estimate of drug-likeness (QED) is 0.864. The number of morpholine rings is 1. The number of aromatic nitrogens is 1. The molecule has 2 aliphatic rings. The van der Waals surface area contributed by atoms with E-state index in [-0.39, 0.29) is 12.0 Å². The average molecular weight is 337 g/mol. The van der Waals surface area contributed by atoms with E-state index in [1.807, 2.05) is 35.2 Å². The number of pyridine rings is 1. The molecule has 0 spiro atoms. The largest absolute Gasteiger partial charge is 0.370 e. The Labute approximate surface area is 148 Å². The fourth-order valence-electron chi connectivity index (χ4n) is 3.62. The Hall–Kier alpha value is -2.40. The molecule has 0 aliphatic carbocycles. The van der Waals surface area contributed by atoms with E-state index >= 15 is 0 Å². The highest BCUT2D eigenvalue weighted by Gasteiger charge is 2.29. The molecule has 1 atom stereocenters. The van der Waals surface area contributed by atoms with Crippen LogP contribution in [0.5, 0.6) is 0 Å². The first-order valence-corrected chi connectivity index (χ1v) is 8.99. The molecule has 1 aromatic heterocycles. The molecular formula is C20H23N3O2. The molecule has 25 heavy (non-hydrogen) atoms. The number of hydrogen-bond donors (Lipinski definition) is 0. The van der Waals surface area contributed by atoms with Gasteiger partial charge in [0.05, 0.1) is 18.7 Å². The summed E-state index contributed by atoms with van der Waals surface area (Å²) in [6.07, 6.45) is 4.04. The maximum Gasteiger partial charge on any atom is 0.257 e. The van der Waals surface area contributed by atoms with Gasteiger partial charge in [-0.3, -0.25) is 4.79 Å². The zero-order chi connectivity index (χ0) is 17.1. The van der Waals surface area contributed by atoms with Crippen LogP contribution in [0, 0.1) is 0 Å². The Morgan fingerprint density at radius 2 is 1.84 bits per heavy atom. The fourth-order valence-corrected chi connectivity index (χ4v) is 3.62. The van der Waals surface area contributed by atoms with Crippen molar-refractivity contribution in [3.8, 4) is 0 Å². The van der Waals surface area contributed by atoms with E-state index in [1.54, 1.807) is 6.20 Å². The van der Waals surface area contributed by atoms with Gasteiger partial charge in [-0.1, -0.05) is 30.3 Å². The molecule has 5 nitrogen and oxygen atoms in total. The maximum atomic E-state index is 13.2. The van der Waals surface area contributed by atoms with E-state index in [0.717, 1.165) is 37.3 Å². The van der Waals surface area contributed by atoms with Gasteiger partial charge in [0.1, 0.15) is 11.9 Å². The Bertz CT molecular complexity index is 729. The Kier molecular flexibility index (Phi) is 4.65. The molecule has 0 bridgehead atoms. The second kappa shape index (κ2) is 7.23. The summed E-state index contributed by atoms with van der Waals surface area (Å²) in [5.41, 5.74) is 1.82. The van der Waals surface area contributed by atoms with Gasteiger partial charge in [0, 0.05) is 25.8 Å². The minimum Gasteiger partial charge on any atom is -0.370 e. The molecule has 2 fully saturated rings. The van der Waals surface area contributed by atoms with Gasteiger partial charge in [-0.2, -0.15) is 0 Å². The van der Waals surface area contributed by atoms with Crippen LogP contribution in [-0.2, 0) is 4.74 Å². The number of rotatable bonds is 3. The summed E-state index contributed by atoms with van der Waals surface area (Å²) in [6.45, 7) is 3.72. The van der Waals surface area contributed by atoms with Crippen LogP contribution in [0.3, 0.4) is 0 Å². The zero-order valence-electron chi connectivity index (χ0n) is 14.3. The Morgan fingerprint density at radius 3 is 2.64 bits per heavy atom. The van der Waals surface area contributed by atoms with Crippen molar-refractivity contribution in [3.05, 3.63) is 59.8 Å². The van der Waals surface area contributed by atoms with Gasteiger partial charge in [0.2, 0.25) is 0 Å². The maximum absolute atomic E-state index is 13.2. The van der Waals surface area contributed by atoms with Crippen molar-refractivity contribution >= 4 is 11.7 Å². The van der Waals surface area contributed by atoms with Crippen LogP contribution in [0.2, 0.25) is 0 Å². The number of carbonyl (C=O) groups is 1. The first kappa shape index (κ1) is 16.1. The van der Waals surface area contributed by atoms with Crippen LogP contribution >= 0.6 is 0 Å². The van der Waals surface area contributed by atoms with Gasteiger partial charge in [-0.15, -0.1) is 0 Å². The Morgan fingerprint density at radius 1 is 1.04 bits per heavy atom. The summed E-state index contributed by atoms with van der Waals surface area (Å²) in [7, 11) is 0. The summed E-state index contributed by atoms with van der Waals surface area (Å²) in [5, 5.41) is 0. The highest BCUT2D eigenvalue weighted by molar-refractivity contribution is 5.99. The summed E-state index contributed by atoms with van der Waals surface area (Å²) in [6, 6.07) is 13.9. The van der Waals surface area contributed by atoms with Crippen molar-refractivity contribution in [1.29, 1.82) is 0 Å². The smallest absolute Gasteiger partial charge is 0.257 e. The molecular weight excluding hydrogens is 314 g/mol. The predicted molar refractivity (Wildman–Crippen MR) is 96.7 cm³/mol. The predicted octanol–water partition coefficient (Wildman–Crippen LogP) is 2.90. The number of hydrogen-bond acceptors (Lipinski definition) is 4. The number of amides is 1. The van der Waals surface area contributed by atoms with Crippen LogP contribution in [0.4, 0.5) is 5.82 Å². The van der Waals surface area contributed by atoms with E-state index in [4.69, 9.17) is 4.74 Å². The summed E-state index contributed by atoms with van der Waals surface area (Å²) < 4.78 is 5.89. The third-order valence-electron chi connectivity index (χ3n) is 4.95. The van der Waals surface area contributed by atoms with Crippen LogP contribution in [0.25, 0.3) is 0 Å². The Balaban J connectivity index is 1.55. The van der Waals surface area contributed by atoms with E-state index < -0.39 is 0 Å². The van der Waals surface area contributed by atoms with Crippen LogP contribution in [0.15, 0.2) is 48.7 Å². The minimum atomic E-state index is -0.0641. The molecule has 0 N–H and O–H groups in total. The summed E-state index contributed by atoms with van der Waals surface area (Å²) >= 11 is 0. The molecule has 2 aliphatic heterocycles. The molecule has 2 aromatic rings. The average Bonchev–Trinajstić information content (AvgIpc) is 3.23. The number of anilines is 1. The van der Waals surface area contributed by atoms with Gasteiger partial charge in [0.15, 0.2) is 0 Å². The van der Waals surface area contributed by atoms with Gasteiger partial charge in [-0.05, 0) is 30.5 Å². The third-order valence-corrected chi connectivity index (χ3v) is 4.95. The van der Waals surface area contributed by atoms with Gasteiger partial charge < -0.3 is 14.5 Å². The number of nitrogens with zero attached hydrogens (tertiary/aromatic N) is 3. The van der Waals surface area contributed by atoms with Gasteiger partial charge in [0.25, 0.3) is 5.91 Å². The molecule has 3 heterocycles. The standard InChI is InChI=1S/C20H23N3O2/c24-20(17-9-6-10-21-19(17)22-11-4-5-12-22)23-13-14-25-18(15-23)16-7-2-1-3-8-16/h1-3,6-10,18H,4-5,11-15H2/t18-/m0/s1. The molecule has 4 rings (SSSR count). The fraction of sp³-hybridized carbons (Fsp3) is 0.400. The lowest BCUT2D eigenvalue weighted by Crippen LogP contribution is -2.42. The molecule has 1 amide bonds. The highest BCUT2D eigenvalue weighted by Crippen LogP contribution is 2.26. The molecule has 0 radical (unpaired) electrons. The SMILES string of the molecule is O=C(c1cccnc1N1CCCC1)N1CCO[C@H](c2ccccc2)C1. The number of ether oxygens (including phenoxy) is 1. The first-order valence-electron chi connectivity index (χ1n) is 8.99. The van der Waals surface area contributed by atoms with Crippen molar-refractivity contribution in [2.75, 3.05) is 37.7 Å². The first-order chi connectivity index (χ1) is 12.3. The molecule has 5 heteroatoms. The van der Waals surface area contributed by atoms with Crippen LogP contribution in [0.1, 0.15) is 34.9 Å². The summed E-state index contributed by atoms with van der Waals surface area (Å²) in [5.74, 6) is 0.881. The second-order valence-electron chi connectivity index (χ2n) is 6.59. The second-order valence-corrected chi connectivity index (χ2v) is 6.59. The molecule has 0 unspecified atom stereocenters. The van der Waals surface area contributed by atoms with E-state index in [2.05, 4.69) is 22.0 Å². The molecule has 1 aromatic carbocycles. The van der Waals surface area contributed by atoms with Crippen molar-refractivity contribution < 1.29 is 9.53 Å². The third kappa shape index (κ3) is 3.37. The van der Waals surface area contributed by atoms with E-state index in [9.17, 15) is 4.79 Å². The van der Waals surface area contributed by atoms with Gasteiger partial charge in [-0.25, -0.2) is 4.98 Å². The van der Waals surface area contributed by atoms with Gasteiger partial charge >= 0.3 is 0 Å². The van der Waals surface area contributed by atoms with Crippen molar-refractivity contribution in [3.63, 3.8) is 0 Å². The highest BCUT2D eigenvalue weighted by atomic mass is 16.5. The lowest BCUT2D eigenvalue weighted by atomic mass is 10.1. The monoisotopic (exact) mass is 337 g/mol. The topological polar surface area (TPSA) is 45.7 Å². The molecule has 2 saturated heterocycles. The van der Waals surface area contributed by atoms with Crippen LogP contribution in [-0.4, -0.2) is 48.6 Å². The zero-order valence-corrected chi connectivity index (χ0v) is 14.3. The minimum absolute atomic E-state index is 0.0548. The lowest BCUT2D eigenvalue weighted by Gasteiger charge is -2.34. The molecule has 0 saturated carbocycles.